The summed E-state index contributed by atoms with van der Waals surface area (Å²) in [5.74, 6) is -0.0701. The second kappa shape index (κ2) is 61.6. The third-order valence-electron chi connectivity index (χ3n) is 14.9. The number of amides is 1. The van der Waals surface area contributed by atoms with E-state index in [0.29, 0.717) is 19.4 Å². The standard InChI is InChI=1S/C66H125NO5/c1-3-5-7-9-11-13-15-17-19-21-23-26-30-34-38-42-46-50-54-58-64(69)63(62-68)67-65(70)59-55-51-47-43-39-35-31-27-24-25-29-33-37-41-45-49-53-57-61-72-66(71)60-56-52-48-44-40-36-32-28-22-20-18-16-14-12-10-8-6-4-2/h14,16,20,22,54,58,63-64,68-69H,3-13,15,17-19,21,23-53,55-57,59-62H2,1-2H3,(H,67,70)/b16-14-,22-20-,58-54+. The van der Waals surface area contributed by atoms with E-state index >= 15 is 0 Å². The second-order valence-electron chi connectivity index (χ2n) is 22.1. The molecule has 3 N–H and O–H groups in total. The summed E-state index contributed by atoms with van der Waals surface area (Å²) in [6, 6.07) is -0.632. The molecule has 6 heteroatoms. The van der Waals surface area contributed by atoms with Gasteiger partial charge in [0.15, 0.2) is 0 Å². The molecule has 0 aliphatic heterocycles. The van der Waals surface area contributed by atoms with E-state index in [9.17, 15) is 19.8 Å². The molecule has 424 valence electrons. The number of carbonyl (C=O) groups excluding carboxylic acids is 2. The molecule has 0 aromatic rings. The van der Waals surface area contributed by atoms with Gasteiger partial charge in [0.25, 0.3) is 0 Å². The topological polar surface area (TPSA) is 95.9 Å². The molecule has 0 aliphatic carbocycles. The number of unbranched alkanes of at least 4 members (excludes halogenated alkanes) is 45. The van der Waals surface area contributed by atoms with E-state index in [2.05, 4.69) is 43.5 Å². The van der Waals surface area contributed by atoms with Crippen LogP contribution >= 0.6 is 0 Å². The summed E-state index contributed by atoms with van der Waals surface area (Å²) in [6.45, 7) is 4.90. The van der Waals surface area contributed by atoms with Gasteiger partial charge in [-0.2, -0.15) is 0 Å². The zero-order chi connectivity index (χ0) is 52.2. The summed E-state index contributed by atoms with van der Waals surface area (Å²) in [5, 5.41) is 23.2. The van der Waals surface area contributed by atoms with Crippen molar-refractivity contribution in [1.29, 1.82) is 0 Å². The lowest BCUT2D eigenvalue weighted by molar-refractivity contribution is -0.143. The quantitative estimate of drug-likeness (QED) is 0.0320. The molecular weight excluding hydrogens is 887 g/mol. The first-order valence-electron chi connectivity index (χ1n) is 32.3. The van der Waals surface area contributed by atoms with Crippen molar-refractivity contribution in [1.82, 2.24) is 5.32 Å². The fraction of sp³-hybridized carbons (Fsp3) is 0.879. The third kappa shape index (κ3) is 57.4. The zero-order valence-corrected chi connectivity index (χ0v) is 48.4. The largest absolute Gasteiger partial charge is 0.466 e. The van der Waals surface area contributed by atoms with E-state index in [-0.39, 0.29) is 18.5 Å². The maximum atomic E-state index is 12.5. The molecule has 0 aliphatic rings. The van der Waals surface area contributed by atoms with Crippen LogP contribution in [0, 0.1) is 0 Å². The molecule has 0 bridgehead atoms. The Morgan fingerprint density at radius 1 is 0.389 bits per heavy atom. The molecule has 0 aromatic heterocycles. The monoisotopic (exact) mass is 1010 g/mol. The van der Waals surface area contributed by atoms with Gasteiger partial charge in [0, 0.05) is 12.8 Å². The summed E-state index contributed by atoms with van der Waals surface area (Å²) in [7, 11) is 0. The number of carbonyl (C=O) groups is 2. The minimum absolute atomic E-state index is 0.000448. The van der Waals surface area contributed by atoms with E-state index in [1.807, 2.05) is 6.08 Å². The Hall–Kier alpha value is -1.92. The summed E-state index contributed by atoms with van der Waals surface area (Å²) >= 11 is 0. The van der Waals surface area contributed by atoms with E-state index < -0.39 is 12.1 Å². The Balaban J connectivity index is 3.43. The maximum Gasteiger partial charge on any atom is 0.305 e. The van der Waals surface area contributed by atoms with Crippen LogP contribution in [0.25, 0.3) is 0 Å². The Morgan fingerprint density at radius 2 is 0.694 bits per heavy atom. The van der Waals surface area contributed by atoms with E-state index in [4.69, 9.17) is 4.74 Å². The average molecular weight is 1010 g/mol. The second-order valence-corrected chi connectivity index (χ2v) is 22.1. The number of hydrogen-bond donors (Lipinski definition) is 3. The van der Waals surface area contributed by atoms with Crippen LogP contribution in [0.5, 0.6) is 0 Å². The number of allylic oxidation sites excluding steroid dienone is 5. The smallest absolute Gasteiger partial charge is 0.305 e. The summed E-state index contributed by atoms with van der Waals surface area (Å²) in [5.41, 5.74) is 0. The minimum atomic E-state index is -0.848. The molecule has 0 heterocycles. The van der Waals surface area contributed by atoms with Gasteiger partial charge in [0.1, 0.15) is 0 Å². The number of ether oxygens (including phenoxy) is 1. The maximum absolute atomic E-state index is 12.5. The van der Waals surface area contributed by atoms with Gasteiger partial charge in [-0.15, -0.1) is 0 Å². The molecular formula is C66H125NO5. The van der Waals surface area contributed by atoms with Gasteiger partial charge in [-0.05, 0) is 64.2 Å². The zero-order valence-electron chi connectivity index (χ0n) is 48.4. The lowest BCUT2D eigenvalue weighted by Crippen LogP contribution is -2.45. The van der Waals surface area contributed by atoms with Crippen molar-refractivity contribution in [3.05, 3.63) is 36.5 Å². The summed E-state index contributed by atoms with van der Waals surface area (Å²) in [6.07, 6.45) is 77.5. The van der Waals surface area contributed by atoms with E-state index in [1.54, 1.807) is 6.08 Å². The Kier molecular flexibility index (Phi) is 60.0. The molecule has 0 rings (SSSR count). The average Bonchev–Trinajstić information content (AvgIpc) is 3.38. The number of aliphatic hydroxyl groups is 2. The van der Waals surface area contributed by atoms with Crippen LogP contribution in [0.2, 0.25) is 0 Å². The minimum Gasteiger partial charge on any atom is -0.466 e. The van der Waals surface area contributed by atoms with Gasteiger partial charge in [-0.25, -0.2) is 0 Å². The molecule has 0 aromatic carbocycles. The third-order valence-corrected chi connectivity index (χ3v) is 14.9. The van der Waals surface area contributed by atoms with Crippen molar-refractivity contribution in [3.63, 3.8) is 0 Å². The highest BCUT2D eigenvalue weighted by Crippen LogP contribution is 2.18. The van der Waals surface area contributed by atoms with Crippen molar-refractivity contribution >= 4 is 11.9 Å². The van der Waals surface area contributed by atoms with E-state index in [1.165, 1.54) is 270 Å². The molecule has 1 amide bonds. The van der Waals surface area contributed by atoms with Crippen molar-refractivity contribution in [2.75, 3.05) is 13.2 Å². The molecule has 2 unspecified atom stereocenters. The molecule has 0 saturated heterocycles. The molecule has 6 nitrogen and oxygen atoms in total. The highest BCUT2D eigenvalue weighted by atomic mass is 16.5. The molecule has 0 saturated carbocycles. The molecule has 72 heavy (non-hydrogen) atoms. The first-order valence-corrected chi connectivity index (χ1v) is 32.3. The van der Waals surface area contributed by atoms with Crippen LogP contribution in [0.4, 0.5) is 0 Å². The first-order chi connectivity index (χ1) is 35.5. The highest BCUT2D eigenvalue weighted by molar-refractivity contribution is 5.76. The van der Waals surface area contributed by atoms with E-state index in [0.717, 1.165) is 51.4 Å². The number of rotatable bonds is 60. The van der Waals surface area contributed by atoms with Gasteiger partial charge >= 0.3 is 5.97 Å². The van der Waals surface area contributed by atoms with Crippen LogP contribution in [0.15, 0.2) is 36.5 Å². The number of aliphatic hydroxyl groups excluding tert-OH is 2. The lowest BCUT2D eigenvalue weighted by atomic mass is 10.0. The SMILES string of the molecule is CCCCCC/C=C\C/C=C\CCCCCCCCCC(=O)OCCCCCCCCCCCCCCCCCCCCC(=O)NC(CO)C(O)/C=C/CCCCCCCCCCCCCCCCCCC. The molecule has 2 atom stereocenters. The Labute approximate surface area is 449 Å². The molecule has 0 fully saturated rings. The van der Waals surface area contributed by atoms with Crippen molar-refractivity contribution in [3.8, 4) is 0 Å². The van der Waals surface area contributed by atoms with Crippen molar-refractivity contribution in [2.45, 2.75) is 360 Å². The molecule has 0 spiro atoms. The van der Waals surface area contributed by atoms with Gasteiger partial charge < -0.3 is 20.3 Å². The van der Waals surface area contributed by atoms with Crippen molar-refractivity contribution in [2.24, 2.45) is 0 Å². The van der Waals surface area contributed by atoms with Crippen LogP contribution in [-0.2, 0) is 14.3 Å². The Morgan fingerprint density at radius 3 is 1.07 bits per heavy atom. The number of hydrogen-bond acceptors (Lipinski definition) is 5. The van der Waals surface area contributed by atoms with Crippen molar-refractivity contribution < 1.29 is 24.5 Å². The van der Waals surface area contributed by atoms with Gasteiger partial charge in [0.05, 0.1) is 25.4 Å². The van der Waals surface area contributed by atoms with Gasteiger partial charge in [-0.3, -0.25) is 9.59 Å². The van der Waals surface area contributed by atoms with Crippen LogP contribution in [0.1, 0.15) is 348 Å². The first kappa shape index (κ1) is 70.1. The summed E-state index contributed by atoms with van der Waals surface area (Å²) < 4.78 is 5.49. The van der Waals surface area contributed by atoms with Gasteiger partial charge in [0.2, 0.25) is 5.91 Å². The normalized spacial score (nSPS) is 12.8. The number of nitrogens with one attached hydrogen (secondary N) is 1. The molecule has 0 radical (unpaired) electrons. The lowest BCUT2D eigenvalue weighted by Gasteiger charge is -2.20. The predicted molar refractivity (Wildman–Crippen MR) is 315 cm³/mol. The van der Waals surface area contributed by atoms with Crippen LogP contribution in [-0.4, -0.2) is 47.4 Å². The summed E-state index contributed by atoms with van der Waals surface area (Å²) in [4.78, 5) is 24.6. The highest BCUT2D eigenvalue weighted by Gasteiger charge is 2.18. The predicted octanol–water partition coefficient (Wildman–Crippen LogP) is 20.4. The van der Waals surface area contributed by atoms with Gasteiger partial charge in [-0.1, -0.05) is 307 Å². The van der Waals surface area contributed by atoms with Crippen LogP contribution < -0.4 is 5.32 Å². The fourth-order valence-corrected chi connectivity index (χ4v) is 9.96. The Bertz CT molecular complexity index is 1170. The fourth-order valence-electron chi connectivity index (χ4n) is 9.96. The van der Waals surface area contributed by atoms with Crippen LogP contribution in [0.3, 0.4) is 0 Å². The number of esters is 1.